The molecule has 1 aromatic heterocycles. The SMILES string of the molecule is O=C(CCNC(=O)c1cccc(N2CCCCC2(O)Nc2ncccn2)c1)ONS(=O)(=O)c1ccccc1. The fourth-order valence-electron chi connectivity index (χ4n) is 3.97. The monoisotopic (exact) mass is 540 g/mol. The second kappa shape index (κ2) is 12.0. The number of rotatable bonds is 10. The number of carbonyl (C=O) groups is 2. The summed E-state index contributed by atoms with van der Waals surface area (Å²) in [6.45, 7) is 0.474. The summed E-state index contributed by atoms with van der Waals surface area (Å²) < 4.78 is 24.2. The Morgan fingerprint density at radius 1 is 1.03 bits per heavy atom. The molecule has 4 rings (SSSR count). The van der Waals surface area contributed by atoms with E-state index in [4.69, 9.17) is 0 Å². The summed E-state index contributed by atoms with van der Waals surface area (Å²) in [5.74, 6) is -2.45. The first kappa shape index (κ1) is 27.0. The number of nitrogens with one attached hydrogen (secondary N) is 3. The van der Waals surface area contributed by atoms with Gasteiger partial charge in [-0.05, 0) is 54.1 Å². The van der Waals surface area contributed by atoms with E-state index in [2.05, 4.69) is 25.4 Å². The van der Waals surface area contributed by atoms with E-state index in [1.807, 2.05) is 0 Å². The van der Waals surface area contributed by atoms with Crippen molar-refractivity contribution < 1.29 is 28.0 Å². The molecule has 1 saturated heterocycles. The first-order chi connectivity index (χ1) is 18.3. The first-order valence-electron chi connectivity index (χ1n) is 12.0. The van der Waals surface area contributed by atoms with Gasteiger partial charge in [-0.1, -0.05) is 24.3 Å². The smallest absolute Gasteiger partial charge is 0.327 e. The minimum absolute atomic E-state index is 0.0481. The number of benzene rings is 2. The Morgan fingerprint density at radius 2 is 1.79 bits per heavy atom. The van der Waals surface area contributed by atoms with Crippen molar-refractivity contribution in [3.8, 4) is 0 Å². The van der Waals surface area contributed by atoms with E-state index in [-0.39, 0.29) is 23.8 Å². The summed E-state index contributed by atoms with van der Waals surface area (Å²) in [4.78, 5) is 41.1. The predicted octanol–water partition coefficient (Wildman–Crippen LogP) is 1.78. The van der Waals surface area contributed by atoms with Crippen molar-refractivity contribution in [1.29, 1.82) is 0 Å². The highest BCUT2D eigenvalue weighted by atomic mass is 32.2. The quantitative estimate of drug-likeness (QED) is 0.220. The molecule has 3 aromatic rings. The van der Waals surface area contributed by atoms with Crippen LogP contribution >= 0.6 is 0 Å². The van der Waals surface area contributed by atoms with Gasteiger partial charge >= 0.3 is 5.97 Å². The van der Waals surface area contributed by atoms with Crippen LogP contribution in [-0.4, -0.2) is 54.3 Å². The van der Waals surface area contributed by atoms with Gasteiger partial charge in [0.05, 0.1) is 11.3 Å². The number of nitrogens with zero attached hydrogens (tertiary/aromatic N) is 3. The molecular formula is C25H28N6O6S. The molecule has 2 aromatic carbocycles. The van der Waals surface area contributed by atoms with Gasteiger partial charge < -0.3 is 25.5 Å². The molecule has 0 saturated carbocycles. The van der Waals surface area contributed by atoms with Gasteiger partial charge in [-0.25, -0.2) is 18.4 Å². The molecule has 0 bridgehead atoms. The average molecular weight is 541 g/mol. The van der Waals surface area contributed by atoms with E-state index in [1.54, 1.807) is 70.7 Å². The number of aliphatic hydroxyl groups is 1. The van der Waals surface area contributed by atoms with Gasteiger partial charge in [-0.15, -0.1) is 0 Å². The van der Waals surface area contributed by atoms with Crippen molar-refractivity contribution in [2.75, 3.05) is 23.3 Å². The van der Waals surface area contributed by atoms with Gasteiger partial charge in [0.1, 0.15) is 0 Å². The molecular weight excluding hydrogens is 512 g/mol. The minimum atomic E-state index is -4.00. The van der Waals surface area contributed by atoms with Crippen LogP contribution in [0.3, 0.4) is 0 Å². The van der Waals surface area contributed by atoms with E-state index < -0.39 is 27.7 Å². The first-order valence-corrected chi connectivity index (χ1v) is 13.5. The number of aromatic nitrogens is 2. The number of hydrogen-bond acceptors (Lipinski definition) is 10. The Balaban J connectivity index is 1.32. The van der Waals surface area contributed by atoms with Crippen LogP contribution < -0.4 is 20.4 Å². The molecule has 1 aliphatic rings. The third-order valence-corrected chi connectivity index (χ3v) is 7.03. The predicted molar refractivity (Wildman–Crippen MR) is 138 cm³/mol. The van der Waals surface area contributed by atoms with Gasteiger partial charge in [0.2, 0.25) is 11.8 Å². The summed E-state index contributed by atoms with van der Waals surface area (Å²) in [6, 6.07) is 15.9. The Kier molecular flexibility index (Phi) is 8.51. The zero-order valence-corrected chi connectivity index (χ0v) is 21.2. The number of anilines is 2. The molecule has 0 radical (unpaired) electrons. The molecule has 1 fully saturated rings. The number of sulfonamides is 1. The van der Waals surface area contributed by atoms with Crippen LogP contribution in [0.4, 0.5) is 11.6 Å². The van der Waals surface area contributed by atoms with Crippen molar-refractivity contribution in [2.24, 2.45) is 0 Å². The maximum atomic E-state index is 12.7. The normalized spacial score (nSPS) is 17.4. The Labute approximate surface area is 220 Å². The van der Waals surface area contributed by atoms with Crippen LogP contribution in [-0.2, 0) is 19.7 Å². The highest BCUT2D eigenvalue weighted by Crippen LogP contribution is 2.32. The lowest BCUT2D eigenvalue weighted by Gasteiger charge is -2.44. The van der Waals surface area contributed by atoms with E-state index >= 15 is 0 Å². The maximum absolute atomic E-state index is 12.7. The molecule has 0 aliphatic carbocycles. The molecule has 0 spiro atoms. The van der Waals surface area contributed by atoms with Crippen molar-refractivity contribution in [3.63, 3.8) is 0 Å². The van der Waals surface area contributed by atoms with E-state index in [0.717, 1.165) is 12.8 Å². The van der Waals surface area contributed by atoms with Crippen LogP contribution in [0.15, 0.2) is 78.0 Å². The van der Waals surface area contributed by atoms with E-state index in [1.165, 1.54) is 12.1 Å². The molecule has 1 amide bonds. The maximum Gasteiger partial charge on any atom is 0.327 e. The fraction of sp³-hybridized carbons (Fsp3) is 0.280. The highest BCUT2D eigenvalue weighted by Gasteiger charge is 2.38. The summed E-state index contributed by atoms with van der Waals surface area (Å²) in [7, 11) is -4.00. The van der Waals surface area contributed by atoms with Crippen LogP contribution in [0, 0.1) is 0 Å². The number of carbonyl (C=O) groups excluding carboxylic acids is 2. The standard InChI is InChI=1S/C25H28N6O6S/c32-22(37-30-38(35,36)21-10-2-1-3-11-21)12-16-26-23(33)19-8-6-9-20(18-19)31-17-5-4-13-25(31,34)29-24-27-14-7-15-28-24/h1-3,6-11,14-15,18,30,34H,4-5,12-13,16-17H2,(H,26,33)(H,27,28,29). The van der Waals surface area contributed by atoms with Gasteiger partial charge in [0.25, 0.3) is 15.9 Å². The van der Waals surface area contributed by atoms with Crippen molar-refractivity contribution in [2.45, 2.75) is 36.4 Å². The zero-order valence-electron chi connectivity index (χ0n) is 20.4. The molecule has 1 aliphatic heterocycles. The van der Waals surface area contributed by atoms with Gasteiger partial charge in [-0.3, -0.25) is 9.59 Å². The Morgan fingerprint density at radius 3 is 2.55 bits per heavy atom. The minimum Gasteiger partial charge on any atom is -0.356 e. The average Bonchev–Trinajstić information content (AvgIpc) is 2.93. The van der Waals surface area contributed by atoms with Crippen LogP contribution in [0.2, 0.25) is 0 Å². The van der Waals surface area contributed by atoms with Gasteiger partial charge in [0, 0.05) is 43.2 Å². The van der Waals surface area contributed by atoms with Crippen LogP contribution in [0.25, 0.3) is 0 Å². The summed E-state index contributed by atoms with van der Waals surface area (Å²) in [5.41, 5.74) is 0.947. The third-order valence-electron chi connectivity index (χ3n) is 5.83. The third kappa shape index (κ3) is 6.82. The topological polar surface area (TPSA) is 163 Å². The molecule has 1 unspecified atom stereocenters. The Bertz CT molecular complexity index is 1360. The summed E-state index contributed by atoms with van der Waals surface area (Å²) in [6.07, 6.45) is 4.97. The molecule has 1 atom stereocenters. The molecule has 38 heavy (non-hydrogen) atoms. The summed E-state index contributed by atoms with van der Waals surface area (Å²) >= 11 is 0. The summed E-state index contributed by atoms with van der Waals surface area (Å²) in [5, 5.41) is 17.0. The Hall–Kier alpha value is -4.07. The second-order valence-electron chi connectivity index (χ2n) is 8.55. The van der Waals surface area contributed by atoms with Crippen LogP contribution in [0.1, 0.15) is 36.0 Å². The van der Waals surface area contributed by atoms with E-state index in [0.29, 0.717) is 24.2 Å². The van der Waals surface area contributed by atoms with Crippen molar-refractivity contribution in [3.05, 3.63) is 78.6 Å². The fourth-order valence-corrected chi connectivity index (χ4v) is 4.79. The van der Waals surface area contributed by atoms with Crippen molar-refractivity contribution in [1.82, 2.24) is 20.2 Å². The largest absolute Gasteiger partial charge is 0.356 e. The van der Waals surface area contributed by atoms with E-state index in [9.17, 15) is 23.1 Å². The molecule has 2 heterocycles. The molecule has 12 nitrogen and oxygen atoms in total. The number of hydrogen-bond donors (Lipinski definition) is 4. The van der Waals surface area contributed by atoms with Crippen molar-refractivity contribution >= 4 is 33.5 Å². The highest BCUT2D eigenvalue weighted by molar-refractivity contribution is 7.89. The molecule has 4 N–H and O–H groups in total. The second-order valence-corrected chi connectivity index (χ2v) is 10.2. The van der Waals surface area contributed by atoms with Crippen LogP contribution in [0.5, 0.6) is 0 Å². The molecule has 13 heteroatoms. The molecule has 200 valence electrons. The lowest BCUT2D eigenvalue weighted by Crippen LogP contribution is -2.58. The zero-order chi connectivity index (χ0) is 27.0. The van der Waals surface area contributed by atoms with Gasteiger partial charge in [0.15, 0.2) is 0 Å². The number of piperidine rings is 1. The van der Waals surface area contributed by atoms with Gasteiger partial charge in [-0.2, -0.15) is 0 Å². The lowest BCUT2D eigenvalue weighted by molar-refractivity contribution is -0.146. The number of amides is 1. The lowest BCUT2D eigenvalue weighted by atomic mass is 10.0.